The van der Waals surface area contributed by atoms with Crippen LogP contribution in [0.2, 0.25) is 0 Å². The molecule has 0 aliphatic heterocycles. The molecule has 0 aliphatic rings. The van der Waals surface area contributed by atoms with Crippen molar-refractivity contribution in [2.24, 2.45) is 0 Å². The molecule has 1 amide bonds. The first-order valence-electron chi connectivity index (χ1n) is 6.89. The highest BCUT2D eigenvalue weighted by molar-refractivity contribution is 5.95. The van der Waals surface area contributed by atoms with E-state index >= 15 is 0 Å². The van der Waals surface area contributed by atoms with Gasteiger partial charge in [0.1, 0.15) is 6.54 Å². The van der Waals surface area contributed by atoms with E-state index in [2.05, 4.69) is 10.1 Å². The monoisotopic (exact) mass is 335 g/mol. The van der Waals surface area contributed by atoms with Crippen molar-refractivity contribution in [2.75, 3.05) is 12.3 Å². The lowest BCUT2D eigenvalue weighted by molar-refractivity contribution is -0.123. The van der Waals surface area contributed by atoms with Crippen molar-refractivity contribution in [1.82, 2.24) is 19.9 Å². The fourth-order valence-electron chi connectivity index (χ4n) is 2.19. The van der Waals surface area contributed by atoms with Crippen LogP contribution in [0.1, 0.15) is 10.4 Å². The van der Waals surface area contributed by atoms with Crippen LogP contribution >= 0.6 is 0 Å². The van der Waals surface area contributed by atoms with E-state index in [4.69, 9.17) is 5.73 Å². The quantitative estimate of drug-likeness (QED) is 0.769. The van der Waals surface area contributed by atoms with Crippen LogP contribution in [-0.4, -0.2) is 33.2 Å². The molecule has 2 aromatic heterocycles. The van der Waals surface area contributed by atoms with Gasteiger partial charge in [0.25, 0.3) is 5.91 Å². The molecule has 0 atom stereocenters. The summed E-state index contributed by atoms with van der Waals surface area (Å²) in [6, 6.07) is 9.75. The Morgan fingerprint density at radius 1 is 1.21 bits per heavy atom. The molecule has 3 rings (SSSR count). The van der Waals surface area contributed by atoms with Crippen LogP contribution in [0.25, 0.3) is 16.8 Å². The minimum Gasteiger partial charge on any atom is -0.366 e. The zero-order chi connectivity index (χ0) is 17.3. The van der Waals surface area contributed by atoms with Crippen LogP contribution in [0.5, 0.6) is 0 Å². The van der Waals surface area contributed by atoms with E-state index in [0.717, 1.165) is 5.56 Å². The Hall–Kier alpha value is -3.10. The van der Waals surface area contributed by atoms with E-state index in [1.54, 1.807) is 30.5 Å². The predicted molar refractivity (Wildman–Crippen MR) is 81.2 cm³/mol. The molecule has 124 valence electrons. The summed E-state index contributed by atoms with van der Waals surface area (Å²) in [5.41, 5.74) is 7.60. The molecule has 0 radical (unpaired) electrons. The lowest BCUT2D eigenvalue weighted by atomic mass is 10.0. The summed E-state index contributed by atoms with van der Waals surface area (Å²) in [5.74, 6) is -0.660. The Kier molecular flexibility index (Phi) is 3.84. The molecule has 0 bridgehead atoms. The van der Waals surface area contributed by atoms with Crippen LogP contribution in [0, 0.1) is 0 Å². The van der Waals surface area contributed by atoms with E-state index in [1.165, 1.54) is 16.6 Å². The number of pyridine rings is 1. The SMILES string of the molecule is Nc1nc2ccc(-c3cccc(C(=O)NCC(F)(F)F)c3)cn2n1. The van der Waals surface area contributed by atoms with Gasteiger partial charge >= 0.3 is 6.18 Å². The average Bonchev–Trinajstić information content (AvgIpc) is 2.91. The molecule has 6 nitrogen and oxygen atoms in total. The molecular formula is C15H12F3N5O. The third-order valence-corrected chi connectivity index (χ3v) is 3.25. The summed E-state index contributed by atoms with van der Waals surface area (Å²) in [6.45, 7) is -1.37. The van der Waals surface area contributed by atoms with E-state index in [9.17, 15) is 18.0 Å². The van der Waals surface area contributed by atoms with Crippen LogP contribution in [0.3, 0.4) is 0 Å². The van der Waals surface area contributed by atoms with Gasteiger partial charge in [-0.2, -0.15) is 18.2 Å². The number of hydrogen-bond donors (Lipinski definition) is 2. The second-order valence-electron chi connectivity index (χ2n) is 5.07. The van der Waals surface area contributed by atoms with E-state index < -0.39 is 18.6 Å². The Labute approximate surface area is 134 Å². The van der Waals surface area contributed by atoms with Crippen molar-refractivity contribution in [3.63, 3.8) is 0 Å². The van der Waals surface area contributed by atoms with E-state index in [0.29, 0.717) is 11.2 Å². The number of carbonyl (C=O) groups is 1. The molecule has 24 heavy (non-hydrogen) atoms. The number of benzene rings is 1. The number of rotatable bonds is 3. The first kappa shape index (κ1) is 15.8. The van der Waals surface area contributed by atoms with Crippen LogP contribution in [0.15, 0.2) is 42.6 Å². The fourth-order valence-corrected chi connectivity index (χ4v) is 2.19. The van der Waals surface area contributed by atoms with Gasteiger partial charge in [-0.1, -0.05) is 12.1 Å². The van der Waals surface area contributed by atoms with Crippen LogP contribution in [-0.2, 0) is 0 Å². The van der Waals surface area contributed by atoms with Gasteiger partial charge in [-0.15, -0.1) is 5.10 Å². The van der Waals surface area contributed by atoms with Crippen molar-refractivity contribution >= 4 is 17.5 Å². The maximum absolute atomic E-state index is 12.2. The fraction of sp³-hybridized carbons (Fsp3) is 0.133. The molecule has 3 aromatic rings. The maximum atomic E-state index is 12.2. The molecular weight excluding hydrogens is 323 g/mol. The largest absolute Gasteiger partial charge is 0.405 e. The Bertz CT molecular complexity index is 904. The predicted octanol–water partition coefficient (Wildman–Crippen LogP) is 2.27. The van der Waals surface area contributed by atoms with Gasteiger partial charge in [0.15, 0.2) is 5.65 Å². The first-order valence-corrected chi connectivity index (χ1v) is 6.89. The maximum Gasteiger partial charge on any atom is 0.405 e. The number of amides is 1. The van der Waals surface area contributed by atoms with E-state index in [-0.39, 0.29) is 11.5 Å². The van der Waals surface area contributed by atoms with Gasteiger partial charge in [0.05, 0.1) is 0 Å². The molecule has 0 aliphatic carbocycles. The van der Waals surface area contributed by atoms with Gasteiger partial charge in [-0.25, -0.2) is 4.52 Å². The number of anilines is 1. The van der Waals surface area contributed by atoms with Crippen LogP contribution < -0.4 is 11.1 Å². The highest BCUT2D eigenvalue weighted by Crippen LogP contribution is 2.21. The van der Waals surface area contributed by atoms with Gasteiger partial charge in [-0.3, -0.25) is 4.79 Å². The zero-order valence-corrected chi connectivity index (χ0v) is 12.2. The molecule has 1 aromatic carbocycles. The standard InChI is InChI=1S/C15H12F3N5O/c16-15(17,18)8-20-13(24)10-3-1-2-9(6-10)11-4-5-12-21-14(19)22-23(12)7-11/h1-7H,8H2,(H2,19,22)(H,20,24). The van der Waals surface area contributed by atoms with Gasteiger partial charge in [0.2, 0.25) is 5.95 Å². The van der Waals surface area contributed by atoms with Crippen molar-refractivity contribution in [1.29, 1.82) is 0 Å². The van der Waals surface area contributed by atoms with E-state index in [1.807, 2.05) is 5.32 Å². The number of nitrogens with zero attached hydrogens (tertiary/aromatic N) is 3. The third kappa shape index (κ3) is 3.45. The number of nitrogen functional groups attached to an aromatic ring is 1. The highest BCUT2D eigenvalue weighted by Gasteiger charge is 2.27. The molecule has 9 heteroatoms. The Balaban J connectivity index is 1.87. The molecule has 2 heterocycles. The summed E-state index contributed by atoms with van der Waals surface area (Å²) in [6.07, 6.45) is -2.78. The number of halogens is 3. The molecule has 0 spiro atoms. The van der Waals surface area contributed by atoms with Crippen molar-refractivity contribution in [2.45, 2.75) is 6.18 Å². The number of nitrogens with two attached hydrogens (primary N) is 1. The topological polar surface area (TPSA) is 85.3 Å². The second-order valence-corrected chi connectivity index (χ2v) is 5.07. The number of carbonyl (C=O) groups excluding carboxylic acids is 1. The Morgan fingerprint density at radius 3 is 2.75 bits per heavy atom. The smallest absolute Gasteiger partial charge is 0.366 e. The highest BCUT2D eigenvalue weighted by atomic mass is 19.4. The van der Waals surface area contributed by atoms with Gasteiger partial charge in [-0.05, 0) is 29.8 Å². The zero-order valence-electron chi connectivity index (χ0n) is 12.2. The number of nitrogens with one attached hydrogen (secondary N) is 1. The van der Waals surface area contributed by atoms with Gasteiger partial charge < -0.3 is 11.1 Å². The molecule has 0 saturated carbocycles. The number of hydrogen-bond acceptors (Lipinski definition) is 4. The molecule has 0 unspecified atom stereocenters. The summed E-state index contributed by atoms with van der Waals surface area (Å²) < 4.78 is 38.0. The summed E-state index contributed by atoms with van der Waals surface area (Å²) >= 11 is 0. The van der Waals surface area contributed by atoms with Crippen LogP contribution in [0.4, 0.5) is 19.1 Å². The van der Waals surface area contributed by atoms with Crippen molar-refractivity contribution in [3.8, 4) is 11.1 Å². The average molecular weight is 335 g/mol. The number of aromatic nitrogens is 3. The third-order valence-electron chi connectivity index (χ3n) is 3.25. The molecule has 0 fully saturated rings. The number of alkyl halides is 3. The minimum absolute atomic E-state index is 0.132. The first-order chi connectivity index (χ1) is 11.3. The lowest BCUT2D eigenvalue weighted by Crippen LogP contribution is -2.33. The summed E-state index contributed by atoms with van der Waals surface area (Å²) in [4.78, 5) is 15.8. The molecule has 0 saturated heterocycles. The second kappa shape index (κ2) is 5.84. The Morgan fingerprint density at radius 2 is 2.00 bits per heavy atom. The van der Waals surface area contributed by atoms with Crippen molar-refractivity contribution in [3.05, 3.63) is 48.2 Å². The van der Waals surface area contributed by atoms with Crippen molar-refractivity contribution < 1.29 is 18.0 Å². The summed E-state index contributed by atoms with van der Waals surface area (Å²) in [5, 5.41) is 5.83. The minimum atomic E-state index is -4.45. The lowest BCUT2D eigenvalue weighted by Gasteiger charge is -2.09. The normalized spacial score (nSPS) is 11.6. The molecule has 3 N–H and O–H groups in total. The number of fused-ring (bicyclic) bond motifs is 1. The summed E-state index contributed by atoms with van der Waals surface area (Å²) in [7, 11) is 0. The van der Waals surface area contributed by atoms with Gasteiger partial charge in [0, 0.05) is 17.3 Å².